The van der Waals surface area contributed by atoms with E-state index in [1.54, 1.807) is 6.07 Å². The first kappa shape index (κ1) is 10.2. The van der Waals surface area contributed by atoms with Gasteiger partial charge in [-0.1, -0.05) is 42.5 Å². The maximum atomic E-state index is 10.7. The Morgan fingerprint density at radius 3 is 2.31 bits per heavy atom. The zero-order valence-electron chi connectivity index (χ0n) is 8.68. The average Bonchev–Trinajstić information content (AvgIpc) is 2.30. The highest BCUT2D eigenvalue weighted by Gasteiger charge is 1.99. The number of urea groups is 1. The minimum absolute atomic E-state index is 0.551. The Hall–Kier alpha value is -2.29. The summed E-state index contributed by atoms with van der Waals surface area (Å²) in [6.07, 6.45) is 0. The van der Waals surface area contributed by atoms with Crippen molar-refractivity contribution in [3.63, 3.8) is 0 Å². The summed E-state index contributed by atoms with van der Waals surface area (Å²) in [5.74, 6) is 0. The molecule has 0 unspecified atom stereocenters. The number of anilines is 1. The Morgan fingerprint density at radius 2 is 1.62 bits per heavy atom. The third kappa shape index (κ3) is 2.39. The molecule has 2 aromatic carbocycles. The molecule has 2 aromatic rings. The van der Waals surface area contributed by atoms with Crippen molar-refractivity contribution in [1.82, 2.24) is 0 Å². The highest BCUT2D eigenvalue weighted by atomic mass is 16.2. The summed E-state index contributed by atoms with van der Waals surface area (Å²) in [5, 5.41) is 2.55. The Bertz CT molecular complexity index is 494. The molecule has 0 radical (unpaired) electrons. The summed E-state index contributed by atoms with van der Waals surface area (Å²) in [7, 11) is 0. The van der Waals surface area contributed by atoms with Gasteiger partial charge in [-0.15, -0.1) is 0 Å². The molecule has 0 aliphatic rings. The van der Waals surface area contributed by atoms with Crippen LogP contribution in [0.5, 0.6) is 0 Å². The second-order valence-corrected chi connectivity index (χ2v) is 3.44. The number of rotatable bonds is 2. The number of hydrogen-bond donors (Lipinski definition) is 2. The van der Waals surface area contributed by atoms with Gasteiger partial charge in [0.05, 0.1) is 0 Å². The van der Waals surface area contributed by atoms with Crippen molar-refractivity contribution in [3.05, 3.63) is 54.6 Å². The number of carbonyl (C=O) groups excluding carboxylic acids is 1. The molecule has 2 rings (SSSR count). The van der Waals surface area contributed by atoms with Gasteiger partial charge in [0.1, 0.15) is 0 Å². The summed E-state index contributed by atoms with van der Waals surface area (Å²) in [4.78, 5) is 10.7. The van der Waals surface area contributed by atoms with Crippen molar-refractivity contribution in [1.29, 1.82) is 0 Å². The summed E-state index contributed by atoms with van der Waals surface area (Å²) in [6.45, 7) is 0. The van der Waals surface area contributed by atoms with E-state index < -0.39 is 6.03 Å². The first-order chi connectivity index (χ1) is 7.75. The number of benzene rings is 2. The molecule has 0 aliphatic carbocycles. The van der Waals surface area contributed by atoms with Gasteiger partial charge in [0, 0.05) is 5.69 Å². The normalized spacial score (nSPS) is 9.75. The number of primary amides is 1. The van der Waals surface area contributed by atoms with Crippen molar-refractivity contribution in [2.24, 2.45) is 5.73 Å². The molecule has 3 N–H and O–H groups in total. The van der Waals surface area contributed by atoms with Crippen LogP contribution < -0.4 is 11.1 Å². The third-order valence-electron chi connectivity index (χ3n) is 2.24. The minimum Gasteiger partial charge on any atom is -0.351 e. The van der Waals surface area contributed by atoms with E-state index in [2.05, 4.69) is 5.32 Å². The molecule has 0 saturated carbocycles. The van der Waals surface area contributed by atoms with Crippen molar-refractivity contribution < 1.29 is 4.79 Å². The lowest BCUT2D eigenvalue weighted by molar-refractivity contribution is 0.259. The van der Waals surface area contributed by atoms with Crippen molar-refractivity contribution >= 4 is 11.7 Å². The minimum atomic E-state index is -0.551. The quantitative estimate of drug-likeness (QED) is 0.790. The molecular formula is C13H12N2O. The van der Waals surface area contributed by atoms with Crippen LogP contribution in [0.1, 0.15) is 0 Å². The number of amides is 2. The monoisotopic (exact) mass is 212 g/mol. The van der Waals surface area contributed by atoms with E-state index in [4.69, 9.17) is 5.73 Å². The van der Waals surface area contributed by atoms with Gasteiger partial charge in [-0.2, -0.15) is 0 Å². The van der Waals surface area contributed by atoms with E-state index in [9.17, 15) is 4.79 Å². The smallest absolute Gasteiger partial charge is 0.316 e. The molecule has 3 nitrogen and oxygen atoms in total. The molecule has 0 heterocycles. The summed E-state index contributed by atoms with van der Waals surface area (Å²) < 4.78 is 0. The van der Waals surface area contributed by atoms with E-state index in [1.165, 1.54) is 0 Å². The molecule has 0 bridgehead atoms. The number of carbonyl (C=O) groups is 1. The van der Waals surface area contributed by atoms with Crippen molar-refractivity contribution in [3.8, 4) is 11.1 Å². The van der Waals surface area contributed by atoms with Crippen LogP contribution in [0.15, 0.2) is 54.6 Å². The molecule has 80 valence electrons. The van der Waals surface area contributed by atoms with Gasteiger partial charge in [-0.05, 0) is 23.3 Å². The van der Waals surface area contributed by atoms with Gasteiger partial charge < -0.3 is 11.1 Å². The molecule has 3 heteroatoms. The Kier molecular flexibility index (Phi) is 2.87. The predicted molar refractivity (Wildman–Crippen MR) is 65.1 cm³/mol. The van der Waals surface area contributed by atoms with Crippen LogP contribution in [0.25, 0.3) is 11.1 Å². The second-order valence-electron chi connectivity index (χ2n) is 3.44. The highest BCUT2D eigenvalue weighted by Crippen LogP contribution is 2.21. The molecule has 0 spiro atoms. The van der Waals surface area contributed by atoms with E-state index in [0.29, 0.717) is 5.69 Å². The fraction of sp³-hybridized carbons (Fsp3) is 0. The van der Waals surface area contributed by atoms with Crippen LogP contribution >= 0.6 is 0 Å². The van der Waals surface area contributed by atoms with E-state index >= 15 is 0 Å². The standard InChI is InChI=1S/C13H12N2O/c14-13(16)15-12-8-4-7-11(9-12)10-5-2-1-3-6-10/h1-9H,(H3,14,15,16). The second kappa shape index (κ2) is 4.49. The summed E-state index contributed by atoms with van der Waals surface area (Å²) in [5.41, 5.74) is 7.92. The van der Waals surface area contributed by atoms with Crippen LogP contribution in [0.3, 0.4) is 0 Å². The van der Waals surface area contributed by atoms with Gasteiger partial charge in [0.2, 0.25) is 0 Å². The molecule has 0 fully saturated rings. The molecule has 16 heavy (non-hydrogen) atoms. The Labute approximate surface area is 93.9 Å². The van der Waals surface area contributed by atoms with Gasteiger partial charge in [-0.3, -0.25) is 0 Å². The van der Waals surface area contributed by atoms with E-state index in [-0.39, 0.29) is 0 Å². The molecule has 0 aliphatic heterocycles. The topological polar surface area (TPSA) is 55.1 Å². The average molecular weight is 212 g/mol. The summed E-state index contributed by atoms with van der Waals surface area (Å²) >= 11 is 0. The Morgan fingerprint density at radius 1 is 0.938 bits per heavy atom. The fourth-order valence-electron chi connectivity index (χ4n) is 1.55. The molecular weight excluding hydrogens is 200 g/mol. The predicted octanol–water partition coefficient (Wildman–Crippen LogP) is 2.84. The maximum absolute atomic E-state index is 10.7. The van der Waals surface area contributed by atoms with Crippen LogP contribution in [-0.2, 0) is 0 Å². The van der Waals surface area contributed by atoms with Gasteiger partial charge in [-0.25, -0.2) is 4.79 Å². The summed E-state index contributed by atoms with van der Waals surface area (Å²) in [6, 6.07) is 17.0. The first-order valence-corrected chi connectivity index (χ1v) is 4.97. The zero-order chi connectivity index (χ0) is 11.4. The van der Waals surface area contributed by atoms with E-state index in [1.807, 2.05) is 48.5 Å². The van der Waals surface area contributed by atoms with Crippen molar-refractivity contribution in [2.45, 2.75) is 0 Å². The van der Waals surface area contributed by atoms with Crippen LogP contribution in [-0.4, -0.2) is 6.03 Å². The third-order valence-corrected chi connectivity index (χ3v) is 2.24. The number of hydrogen-bond acceptors (Lipinski definition) is 1. The van der Waals surface area contributed by atoms with Gasteiger partial charge >= 0.3 is 6.03 Å². The lowest BCUT2D eigenvalue weighted by Crippen LogP contribution is -2.19. The SMILES string of the molecule is NC(=O)Nc1cccc(-c2ccccc2)c1. The first-order valence-electron chi connectivity index (χ1n) is 4.97. The fourth-order valence-corrected chi connectivity index (χ4v) is 1.55. The lowest BCUT2D eigenvalue weighted by Gasteiger charge is -2.05. The van der Waals surface area contributed by atoms with Gasteiger partial charge in [0.25, 0.3) is 0 Å². The van der Waals surface area contributed by atoms with Crippen LogP contribution in [0.4, 0.5) is 10.5 Å². The molecule has 0 saturated heterocycles. The molecule has 2 amide bonds. The van der Waals surface area contributed by atoms with Crippen molar-refractivity contribution in [2.75, 3.05) is 5.32 Å². The molecule has 0 aromatic heterocycles. The van der Waals surface area contributed by atoms with Crippen LogP contribution in [0, 0.1) is 0 Å². The maximum Gasteiger partial charge on any atom is 0.316 e. The Balaban J connectivity index is 2.33. The molecule has 0 atom stereocenters. The van der Waals surface area contributed by atoms with Gasteiger partial charge in [0.15, 0.2) is 0 Å². The van der Waals surface area contributed by atoms with Crippen LogP contribution in [0.2, 0.25) is 0 Å². The number of nitrogens with one attached hydrogen (secondary N) is 1. The highest BCUT2D eigenvalue weighted by molar-refractivity contribution is 5.88. The lowest BCUT2D eigenvalue weighted by atomic mass is 10.1. The number of nitrogens with two attached hydrogens (primary N) is 1. The zero-order valence-corrected chi connectivity index (χ0v) is 8.68. The largest absolute Gasteiger partial charge is 0.351 e. The van der Waals surface area contributed by atoms with E-state index in [0.717, 1.165) is 11.1 Å².